The molecule has 236 valence electrons. The Labute approximate surface area is 255 Å². The molecule has 3 saturated heterocycles. The molecule has 0 radical (unpaired) electrons. The molecule has 2 bridgehead atoms. The molecule has 3 fully saturated rings. The van der Waals surface area contributed by atoms with Gasteiger partial charge >= 0.3 is 13.4 Å². The molecular weight excluding hydrogens is 669 g/mol. The number of H-pyrrole nitrogens is 1. The van der Waals surface area contributed by atoms with Crippen LogP contribution in [0.25, 0.3) is 22.3 Å². The number of nitrogens with one attached hydrogen (secondary N) is 1. The predicted octanol–water partition coefficient (Wildman–Crippen LogP) is -0.102. The van der Waals surface area contributed by atoms with Crippen LogP contribution >= 0.6 is 13.4 Å². The van der Waals surface area contributed by atoms with Crippen molar-refractivity contribution in [1.29, 1.82) is 0 Å². The van der Waals surface area contributed by atoms with Crippen molar-refractivity contribution in [2.24, 2.45) is 0 Å². The third-order valence-corrected chi connectivity index (χ3v) is 10.3. The van der Waals surface area contributed by atoms with Gasteiger partial charge in [0.25, 0.3) is 5.56 Å². The smallest absolute Gasteiger partial charge is 0.325 e. The van der Waals surface area contributed by atoms with E-state index < -0.39 is 68.6 Å². The molecule has 4 aromatic heterocycles. The average molecular weight is 693 g/mol. The van der Waals surface area contributed by atoms with Crippen LogP contribution in [-0.4, -0.2) is 92.6 Å². The molecule has 3 aliphatic rings. The van der Waals surface area contributed by atoms with Gasteiger partial charge < -0.3 is 44.3 Å². The van der Waals surface area contributed by atoms with Crippen LogP contribution < -0.4 is 17.0 Å². The summed E-state index contributed by atoms with van der Waals surface area (Å²) < 4.78 is 53.3. The second-order valence-electron chi connectivity index (χ2n) is 9.99. The largest absolute Gasteiger partial charge is 0.382 e. The fourth-order valence-corrected chi connectivity index (χ4v) is 8.16. The van der Waals surface area contributed by atoms with Gasteiger partial charge in [0.2, 0.25) is 5.95 Å². The fourth-order valence-electron chi connectivity index (χ4n) is 5.26. The van der Waals surface area contributed by atoms with Crippen LogP contribution in [0.15, 0.2) is 23.8 Å². The molecule has 0 spiro atoms. The van der Waals surface area contributed by atoms with Crippen LogP contribution in [0.3, 0.4) is 0 Å². The quantitative estimate of drug-likeness (QED) is 0.172. The molecule has 19 nitrogen and oxygen atoms in total. The molecule has 7 N–H and O–H groups in total. The van der Waals surface area contributed by atoms with Crippen LogP contribution in [0.2, 0.25) is 0 Å². The maximum absolute atomic E-state index is 16.0. The van der Waals surface area contributed by atoms with E-state index in [2.05, 4.69) is 29.9 Å². The standard InChI is InChI=1S/C20H23FN10O9P2S2/c21-10-13-9(38-19(10)30-5-26-11-14(22)24-4-25-15(11)30)3-36-41(33,43)39-8-1-7(2-35-42(34,44)40-13)37-18(8)31-6-27-12-16(31)28-20(23)29-17(12)32/h4-10,13,18-19H,1-3H2,(H,33,43)(H,34,44)(H2,22,24,25)(H3,23,28,29,32)/t7-,8-,9+,10-,13?,18+,19+,41?,42?/m0/s1. The molecule has 3 aliphatic heterocycles. The van der Waals surface area contributed by atoms with Crippen molar-refractivity contribution < 1.29 is 41.7 Å². The van der Waals surface area contributed by atoms with Gasteiger partial charge in [-0.25, -0.2) is 24.3 Å². The molecule has 0 saturated carbocycles. The first-order valence-electron chi connectivity index (χ1n) is 12.8. The Bertz CT molecular complexity index is 1910. The van der Waals surface area contributed by atoms with Gasteiger partial charge in [0.15, 0.2) is 41.3 Å². The van der Waals surface area contributed by atoms with Gasteiger partial charge in [-0.3, -0.25) is 23.4 Å². The van der Waals surface area contributed by atoms with Gasteiger partial charge in [-0.2, -0.15) is 4.98 Å². The zero-order chi connectivity index (χ0) is 31.0. The van der Waals surface area contributed by atoms with E-state index in [0.717, 1.165) is 0 Å². The number of hydrogen-bond donors (Lipinski definition) is 5. The lowest BCUT2D eigenvalue weighted by Gasteiger charge is -2.27. The van der Waals surface area contributed by atoms with Gasteiger partial charge in [0.05, 0.1) is 32.0 Å². The van der Waals surface area contributed by atoms with Crippen molar-refractivity contribution in [2.75, 3.05) is 24.7 Å². The Hall–Kier alpha value is -2.59. The van der Waals surface area contributed by atoms with E-state index in [-0.39, 0.29) is 47.1 Å². The van der Waals surface area contributed by atoms with Gasteiger partial charge in [-0.1, -0.05) is 0 Å². The number of alkyl halides is 1. The van der Waals surface area contributed by atoms with E-state index in [1.807, 2.05) is 0 Å². The summed E-state index contributed by atoms with van der Waals surface area (Å²) in [6, 6.07) is 0. The number of ether oxygens (including phenoxy) is 2. The number of halogens is 1. The highest BCUT2D eigenvalue weighted by molar-refractivity contribution is 8.07. The predicted molar refractivity (Wildman–Crippen MR) is 154 cm³/mol. The van der Waals surface area contributed by atoms with Crippen molar-refractivity contribution in [3.8, 4) is 0 Å². The average Bonchev–Trinajstić information content (AvgIpc) is 3.72. The number of aromatic nitrogens is 8. The summed E-state index contributed by atoms with van der Waals surface area (Å²) in [6.07, 6.45) is -5.14. The van der Waals surface area contributed by atoms with Crippen LogP contribution in [0.5, 0.6) is 0 Å². The number of nitrogens with two attached hydrogens (primary N) is 2. The Kier molecular flexibility index (Phi) is 7.55. The Morgan fingerprint density at radius 2 is 1.64 bits per heavy atom. The number of fused-ring (bicyclic) bond motifs is 5. The summed E-state index contributed by atoms with van der Waals surface area (Å²) in [6.45, 7) is -9.04. The lowest BCUT2D eigenvalue weighted by Crippen LogP contribution is -2.34. The minimum absolute atomic E-state index is 0.0193. The highest BCUT2D eigenvalue weighted by Crippen LogP contribution is 2.54. The van der Waals surface area contributed by atoms with Gasteiger partial charge in [-0.15, -0.1) is 0 Å². The van der Waals surface area contributed by atoms with Gasteiger partial charge in [0.1, 0.15) is 30.2 Å². The number of hydrogen-bond acceptors (Lipinski definition) is 16. The molecular formula is C20H23FN10O9P2S2. The molecule has 0 aliphatic carbocycles. The minimum atomic E-state index is -4.12. The fraction of sp³-hybridized carbons (Fsp3) is 0.500. The number of aromatic amines is 1. The molecule has 3 unspecified atom stereocenters. The van der Waals surface area contributed by atoms with Crippen molar-refractivity contribution in [3.05, 3.63) is 29.3 Å². The zero-order valence-electron chi connectivity index (χ0n) is 22.0. The van der Waals surface area contributed by atoms with Crippen LogP contribution in [0.4, 0.5) is 16.2 Å². The monoisotopic (exact) mass is 692 g/mol. The molecule has 9 atom stereocenters. The Morgan fingerprint density at radius 1 is 0.932 bits per heavy atom. The van der Waals surface area contributed by atoms with E-state index in [9.17, 15) is 14.6 Å². The summed E-state index contributed by atoms with van der Waals surface area (Å²) in [5, 5.41) is 0. The maximum atomic E-state index is 16.0. The van der Waals surface area contributed by atoms with Gasteiger partial charge in [-0.05, 0) is 23.6 Å². The molecule has 7 heterocycles. The molecule has 24 heteroatoms. The van der Waals surface area contributed by atoms with Gasteiger partial charge in [0, 0.05) is 6.42 Å². The molecule has 4 aromatic rings. The third kappa shape index (κ3) is 5.44. The first-order valence-corrected chi connectivity index (χ1v) is 18.0. The van der Waals surface area contributed by atoms with E-state index >= 15 is 4.39 Å². The molecule has 7 rings (SSSR count). The summed E-state index contributed by atoms with van der Waals surface area (Å²) in [4.78, 5) is 57.0. The lowest BCUT2D eigenvalue weighted by molar-refractivity contribution is -0.0597. The van der Waals surface area contributed by atoms with E-state index in [1.165, 1.54) is 28.1 Å². The minimum Gasteiger partial charge on any atom is -0.382 e. The zero-order valence-corrected chi connectivity index (χ0v) is 25.4. The maximum Gasteiger partial charge on any atom is 0.325 e. The van der Waals surface area contributed by atoms with E-state index in [4.69, 9.17) is 62.6 Å². The summed E-state index contributed by atoms with van der Waals surface area (Å²) >= 11 is 10.5. The number of nitrogens with zero attached hydrogens (tertiary/aromatic N) is 7. The first-order chi connectivity index (χ1) is 20.9. The van der Waals surface area contributed by atoms with Crippen LogP contribution in [0, 0.1) is 0 Å². The second-order valence-corrected chi connectivity index (χ2v) is 15.6. The number of anilines is 2. The topological polar surface area (TPSA) is 255 Å². The normalized spacial score (nSPS) is 36.6. The summed E-state index contributed by atoms with van der Waals surface area (Å²) in [5.41, 5.74) is 11.5. The number of imidazole rings is 2. The Balaban J connectivity index is 1.19. The summed E-state index contributed by atoms with van der Waals surface area (Å²) in [5.74, 6) is -0.0859. The number of rotatable bonds is 2. The first kappa shape index (κ1) is 30.1. The van der Waals surface area contributed by atoms with Crippen molar-refractivity contribution in [3.63, 3.8) is 0 Å². The SMILES string of the molecule is Nc1nc2c(ncn2[C@@H]2O[C@@H]3COP(O)(=S)OC4[C@@H](COP(O)(=S)O[C@H]2C3)O[C@@H](n2cnc3c(N)ncnc32)[C@H]4F)c(=O)[nH]1. The lowest BCUT2D eigenvalue weighted by atomic mass is 10.1. The van der Waals surface area contributed by atoms with E-state index in [1.54, 1.807) is 0 Å². The van der Waals surface area contributed by atoms with Crippen LogP contribution in [-0.2, 0) is 51.2 Å². The molecule has 44 heavy (non-hydrogen) atoms. The third-order valence-electron chi connectivity index (χ3n) is 7.15. The highest BCUT2D eigenvalue weighted by Gasteiger charge is 2.51. The molecule has 0 amide bonds. The number of nitrogen functional groups attached to an aromatic ring is 2. The van der Waals surface area contributed by atoms with Crippen molar-refractivity contribution >= 4 is 71.1 Å². The molecule has 0 aromatic carbocycles. The highest BCUT2D eigenvalue weighted by atomic mass is 32.5. The Morgan fingerprint density at radius 3 is 2.43 bits per heavy atom. The van der Waals surface area contributed by atoms with E-state index in [0.29, 0.717) is 0 Å². The van der Waals surface area contributed by atoms with Crippen molar-refractivity contribution in [2.45, 2.75) is 49.5 Å². The second kappa shape index (κ2) is 11.0. The van der Waals surface area contributed by atoms with Crippen LogP contribution in [0.1, 0.15) is 18.9 Å². The van der Waals surface area contributed by atoms with Crippen molar-refractivity contribution in [1.82, 2.24) is 39.0 Å². The summed E-state index contributed by atoms with van der Waals surface area (Å²) in [7, 11) is 0.